The quantitative estimate of drug-likeness (QED) is 0.659. The fourth-order valence-electron chi connectivity index (χ4n) is 1.73. The first kappa shape index (κ1) is 16.1. The van der Waals surface area contributed by atoms with E-state index in [4.69, 9.17) is 20.2 Å². The van der Waals surface area contributed by atoms with E-state index < -0.39 is 11.2 Å². The Kier molecular flexibility index (Phi) is 6.66. The van der Waals surface area contributed by atoms with E-state index >= 15 is 0 Å². The predicted molar refractivity (Wildman–Crippen MR) is 68.9 cm³/mol. The molecule has 1 saturated heterocycles. The molecule has 110 valence electrons. The summed E-state index contributed by atoms with van der Waals surface area (Å²) in [5.41, 5.74) is -0.904. The molecule has 2 unspecified atom stereocenters. The molecule has 2 atom stereocenters. The fourth-order valence-corrected chi connectivity index (χ4v) is 1.73. The molecule has 0 aromatic carbocycles. The molecular weight excluding hydrogens is 266 g/mol. The summed E-state index contributed by atoms with van der Waals surface area (Å²) in [7, 11) is 0. The molecule has 1 aliphatic rings. The maximum atomic E-state index is 11.4. The Hall–Kier alpha value is -1.95. The molecule has 8 nitrogen and oxygen atoms in total. The van der Waals surface area contributed by atoms with Gasteiger partial charge in [-0.1, -0.05) is 0 Å². The van der Waals surface area contributed by atoms with Gasteiger partial charge in [-0.3, -0.25) is 14.3 Å². The van der Waals surface area contributed by atoms with Gasteiger partial charge in [0.1, 0.15) is 6.23 Å². The number of rotatable bonds is 3. The van der Waals surface area contributed by atoms with Crippen LogP contribution in [-0.2, 0) is 4.74 Å². The van der Waals surface area contributed by atoms with Crippen LogP contribution in [0.15, 0.2) is 21.9 Å². The van der Waals surface area contributed by atoms with Crippen LogP contribution in [0.4, 0.5) is 0 Å². The molecule has 2 heterocycles. The molecule has 0 radical (unpaired) electrons. The van der Waals surface area contributed by atoms with Crippen LogP contribution in [-0.4, -0.2) is 39.1 Å². The summed E-state index contributed by atoms with van der Waals surface area (Å²) in [4.78, 5) is 24.4. The third-order valence-electron chi connectivity index (χ3n) is 2.67. The van der Waals surface area contributed by atoms with Crippen LogP contribution in [0, 0.1) is 11.3 Å². The van der Waals surface area contributed by atoms with Gasteiger partial charge in [-0.25, -0.2) is 4.79 Å². The number of aromatic amines is 1. The normalized spacial score (nSPS) is 20.9. The summed E-state index contributed by atoms with van der Waals surface area (Å²) in [6.07, 6.45) is 2.44. The lowest BCUT2D eigenvalue weighted by molar-refractivity contribution is -0.0246. The zero-order valence-electron chi connectivity index (χ0n) is 10.9. The number of nitriles is 1. The summed E-state index contributed by atoms with van der Waals surface area (Å²) in [5, 5.41) is 24.4. The Morgan fingerprint density at radius 3 is 2.65 bits per heavy atom. The number of nitrogens with zero attached hydrogens (tertiary/aromatic N) is 2. The first-order chi connectivity index (χ1) is 9.62. The van der Waals surface area contributed by atoms with Crippen LogP contribution in [0.2, 0.25) is 0 Å². The molecule has 1 aromatic rings. The van der Waals surface area contributed by atoms with E-state index in [9.17, 15) is 9.59 Å². The zero-order valence-corrected chi connectivity index (χ0v) is 10.9. The van der Waals surface area contributed by atoms with Gasteiger partial charge in [-0.05, 0) is 12.8 Å². The second kappa shape index (κ2) is 8.27. The topological polar surface area (TPSA) is 128 Å². The molecular formula is C12H17N3O5. The minimum absolute atomic E-state index is 0.0174. The van der Waals surface area contributed by atoms with Gasteiger partial charge in [-0.15, -0.1) is 0 Å². The summed E-state index contributed by atoms with van der Waals surface area (Å²) in [6, 6.07) is 3.04. The van der Waals surface area contributed by atoms with Crippen molar-refractivity contribution < 1.29 is 14.9 Å². The van der Waals surface area contributed by atoms with Gasteiger partial charge in [-0.2, -0.15) is 5.26 Å². The van der Waals surface area contributed by atoms with E-state index in [-0.39, 0.29) is 32.0 Å². The highest BCUT2D eigenvalue weighted by molar-refractivity contribution is 4.85. The predicted octanol–water partition coefficient (Wildman–Crippen LogP) is -0.901. The van der Waals surface area contributed by atoms with Crippen LogP contribution >= 0.6 is 0 Å². The number of H-pyrrole nitrogens is 1. The number of aromatic nitrogens is 2. The summed E-state index contributed by atoms with van der Waals surface area (Å²) < 4.78 is 6.74. The summed E-state index contributed by atoms with van der Waals surface area (Å²) in [6.45, 7) is -0.0644. The number of hydrogen-bond acceptors (Lipinski definition) is 6. The van der Waals surface area contributed by atoms with E-state index in [1.54, 1.807) is 6.07 Å². The Balaban J connectivity index is 0.000000347. The smallest absolute Gasteiger partial charge is 0.330 e. The highest BCUT2D eigenvalue weighted by Gasteiger charge is 2.26. The van der Waals surface area contributed by atoms with E-state index in [1.807, 2.05) is 0 Å². The van der Waals surface area contributed by atoms with Gasteiger partial charge in [0, 0.05) is 12.3 Å². The molecule has 1 aromatic heterocycles. The highest BCUT2D eigenvalue weighted by Crippen LogP contribution is 2.26. The van der Waals surface area contributed by atoms with E-state index in [0.29, 0.717) is 12.8 Å². The molecule has 20 heavy (non-hydrogen) atoms. The van der Waals surface area contributed by atoms with Crippen molar-refractivity contribution in [3.8, 4) is 6.07 Å². The lowest BCUT2D eigenvalue weighted by Crippen LogP contribution is -2.31. The van der Waals surface area contributed by atoms with Gasteiger partial charge in [0.2, 0.25) is 0 Å². The first-order valence-electron chi connectivity index (χ1n) is 6.18. The number of hydrogen-bond donors (Lipinski definition) is 3. The Morgan fingerprint density at radius 2 is 2.20 bits per heavy atom. The zero-order chi connectivity index (χ0) is 15.0. The minimum atomic E-state index is -0.480. The van der Waals surface area contributed by atoms with Crippen molar-refractivity contribution in [1.82, 2.24) is 9.55 Å². The van der Waals surface area contributed by atoms with Crippen molar-refractivity contribution in [2.24, 2.45) is 0 Å². The van der Waals surface area contributed by atoms with Crippen molar-refractivity contribution in [2.75, 3.05) is 13.2 Å². The van der Waals surface area contributed by atoms with E-state index in [1.165, 1.54) is 16.8 Å². The lowest BCUT2D eigenvalue weighted by Gasteiger charge is -2.13. The SMILES string of the molecule is N#CCCO.O=c1ccn(C2CCC(CO)O2)c(=O)[nH]1. The molecule has 3 N–H and O–H groups in total. The van der Waals surface area contributed by atoms with Gasteiger partial charge in [0.25, 0.3) is 5.56 Å². The molecule has 0 aliphatic carbocycles. The first-order valence-corrected chi connectivity index (χ1v) is 6.18. The second-order valence-electron chi connectivity index (χ2n) is 4.12. The van der Waals surface area contributed by atoms with Crippen LogP contribution < -0.4 is 11.2 Å². The average Bonchev–Trinajstić information content (AvgIpc) is 2.89. The molecule has 0 saturated carbocycles. The molecule has 1 fully saturated rings. The number of aliphatic hydroxyl groups is 2. The fraction of sp³-hybridized carbons (Fsp3) is 0.583. The van der Waals surface area contributed by atoms with Gasteiger partial charge >= 0.3 is 5.69 Å². The monoisotopic (exact) mass is 283 g/mol. The maximum Gasteiger partial charge on any atom is 0.330 e. The number of aliphatic hydroxyl groups excluding tert-OH is 2. The van der Waals surface area contributed by atoms with Crippen molar-refractivity contribution in [2.45, 2.75) is 31.6 Å². The van der Waals surface area contributed by atoms with Crippen LogP contribution in [0.3, 0.4) is 0 Å². The van der Waals surface area contributed by atoms with Crippen LogP contribution in [0.25, 0.3) is 0 Å². The van der Waals surface area contributed by atoms with Gasteiger partial charge < -0.3 is 14.9 Å². The van der Waals surface area contributed by atoms with E-state index in [0.717, 1.165) is 0 Å². The second-order valence-corrected chi connectivity index (χ2v) is 4.12. The molecule has 2 rings (SSSR count). The van der Waals surface area contributed by atoms with E-state index in [2.05, 4.69) is 4.98 Å². The highest BCUT2D eigenvalue weighted by atomic mass is 16.5. The van der Waals surface area contributed by atoms with Crippen LogP contribution in [0.5, 0.6) is 0 Å². The number of nitrogens with one attached hydrogen (secondary N) is 1. The maximum absolute atomic E-state index is 11.4. The molecule has 0 bridgehead atoms. The minimum Gasteiger partial charge on any atom is -0.395 e. The lowest BCUT2D eigenvalue weighted by atomic mass is 10.2. The Morgan fingerprint density at radius 1 is 1.45 bits per heavy atom. The largest absolute Gasteiger partial charge is 0.395 e. The number of ether oxygens (including phenoxy) is 1. The van der Waals surface area contributed by atoms with Gasteiger partial charge in [0.15, 0.2) is 0 Å². The summed E-state index contributed by atoms with van der Waals surface area (Å²) in [5.74, 6) is 0. The van der Waals surface area contributed by atoms with Crippen molar-refractivity contribution >= 4 is 0 Å². The Labute approximate surface area is 114 Å². The van der Waals surface area contributed by atoms with Crippen molar-refractivity contribution in [1.29, 1.82) is 5.26 Å². The molecule has 1 aliphatic heterocycles. The van der Waals surface area contributed by atoms with Crippen LogP contribution in [0.1, 0.15) is 25.5 Å². The van der Waals surface area contributed by atoms with Crippen molar-refractivity contribution in [3.05, 3.63) is 33.1 Å². The van der Waals surface area contributed by atoms with Gasteiger partial charge in [0.05, 0.1) is 31.8 Å². The molecule has 0 spiro atoms. The third kappa shape index (κ3) is 4.62. The molecule has 0 amide bonds. The average molecular weight is 283 g/mol. The van der Waals surface area contributed by atoms with Crippen molar-refractivity contribution in [3.63, 3.8) is 0 Å². The molecule has 8 heteroatoms. The standard InChI is InChI=1S/C9H12N2O4.C3H5NO/c12-5-6-1-2-8(15-6)11-4-3-7(13)10-9(11)14;4-2-1-3-5/h3-4,6,8,12H,1-2,5H2,(H,10,13,14);5H,1,3H2. The third-order valence-corrected chi connectivity index (χ3v) is 2.67. The summed E-state index contributed by atoms with van der Waals surface area (Å²) >= 11 is 0. The Bertz CT molecular complexity index is 559.